The fourth-order valence-corrected chi connectivity index (χ4v) is 1.52. The molecular formula is C9H12N6O3S. The normalized spacial score (nSPS) is 10.4. The summed E-state index contributed by atoms with van der Waals surface area (Å²) in [6.07, 6.45) is 0. The van der Waals surface area contributed by atoms with Gasteiger partial charge in [-0.15, -0.1) is 0 Å². The third kappa shape index (κ3) is 5.14. The Labute approximate surface area is 109 Å². The van der Waals surface area contributed by atoms with Gasteiger partial charge < -0.3 is 17.2 Å². The van der Waals surface area contributed by atoms with Crippen molar-refractivity contribution >= 4 is 28.0 Å². The van der Waals surface area contributed by atoms with Crippen LogP contribution in [-0.2, 0) is 10.1 Å². The summed E-state index contributed by atoms with van der Waals surface area (Å²) >= 11 is 0. The molecule has 1 aromatic heterocycles. The second-order valence-corrected chi connectivity index (χ2v) is 4.62. The van der Waals surface area contributed by atoms with Crippen LogP contribution in [-0.4, -0.2) is 27.9 Å². The largest absolute Gasteiger partial charge is 0.368 e. The van der Waals surface area contributed by atoms with E-state index < -0.39 is 10.1 Å². The van der Waals surface area contributed by atoms with E-state index in [4.69, 9.17) is 21.8 Å². The van der Waals surface area contributed by atoms with Crippen LogP contribution in [0.15, 0.2) is 35.2 Å². The number of hydrogen-bond acceptors (Lipinski definition) is 8. The molecule has 7 N–H and O–H groups in total. The predicted octanol–water partition coefficient (Wildman–Crippen LogP) is -0.448. The van der Waals surface area contributed by atoms with Crippen molar-refractivity contribution in [2.24, 2.45) is 0 Å². The molecule has 0 fully saturated rings. The molecule has 0 bridgehead atoms. The first-order valence-electron chi connectivity index (χ1n) is 4.84. The van der Waals surface area contributed by atoms with Gasteiger partial charge in [0.1, 0.15) is 0 Å². The Morgan fingerprint density at radius 2 is 1.21 bits per heavy atom. The predicted molar refractivity (Wildman–Crippen MR) is 69.3 cm³/mol. The van der Waals surface area contributed by atoms with E-state index in [1.165, 1.54) is 12.1 Å². The van der Waals surface area contributed by atoms with Crippen molar-refractivity contribution in [2.45, 2.75) is 4.90 Å². The Morgan fingerprint density at radius 3 is 1.47 bits per heavy atom. The first-order valence-corrected chi connectivity index (χ1v) is 6.28. The molecule has 102 valence electrons. The lowest BCUT2D eigenvalue weighted by molar-refractivity contribution is 0.483. The van der Waals surface area contributed by atoms with Crippen molar-refractivity contribution in [2.75, 3.05) is 17.2 Å². The highest BCUT2D eigenvalue weighted by atomic mass is 32.2. The lowest BCUT2D eigenvalue weighted by Crippen LogP contribution is -2.05. The summed E-state index contributed by atoms with van der Waals surface area (Å²) in [7, 11) is -4.00. The minimum Gasteiger partial charge on any atom is -0.368 e. The number of hydrogen-bond donors (Lipinski definition) is 4. The van der Waals surface area contributed by atoms with E-state index in [1.54, 1.807) is 18.2 Å². The first kappa shape index (κ1) is 14.6. The molecule has 0 saturated heterocycles. The van der Waals surface area contributed by atoms with Gasteiger partial charge in [0.25, 0.3) is 10.1 Å². The maximum Gasteiger partial charge on any atom is 0.294 e. The molecule has 0 amide bonds. The van der Waals surface area contributed by atoms with E-state index in [0.717, 1.165) is 0 Å². The highest BCUT2D eigenvalue weighted by Gasteiger charge is 2.05. The fraction of sp³-hybridized carbons (Fsp3) is 0. The number of aromatic nitrogens is 3. The zero-order chi connectivity index (χ0) is 14.5. The van der Waals surface area contributed by atoms with Gasteiger partial charge in [0.05, 0.1) is 4.90 Å². The highest BCUT2D eigenvalue weighted by Crippen LogP contribution is 2.05. The zero-order valence-corrected chi connectivity index (χ0v) is 10.4. The molecule has 2 rings (SSSR count). The number of nitrogens with zero attached hydrogens (tertiary/aromatic N) is 3. The van der Waals surface area contributed by atoms with Gasteiger partial charge in [0.15, 0.2) is 0 Å². The Bertz CT molecular complexity index is 596. The van der Waals surface area contributed by atoms with Gasteiger partial charge in [0, 0.05) is 0 Å². The summed E-state index contributed by atoms with van der Waals surface area (Å²) in [6.45, 7) is 0. The Morgan fingerprint density at radius 1 is 0.842 bits per heavy atom. The molecule has 0 radical (unpaired) electrons. The average Bonchev–Trinajstić information content (AvgIpc) is 2.28. The van der Waals surface area contributed by atoms with Crippen LogP contribution in [0, 0.1) is 0 Å². The molecule has 1 heterocycles. The third-order valence-electron chi connectivity index (χ3n) is 1.73. The van der Waals surface area contributed by atoms with Crippen molar-refractivity contribution < 1.29 is 13.0 Å². The Hall–Kier alpha value is -2.46. The standard InChI is InChI=1S/C6H6O3S.C3H6N6/c7-10(8,9)6-4-2-1-3-5-6;4-1-7-2(5)9-3(6)8-1/h1-5H,(H,7,8,9);(H6,4,5,6,7,8,9). The Balaban J connectivity index is 0.000000191. The summed E-state index contributed by atoms with van der Waals surface area (Å²) in [5.74, 6) is 0.125. The fourth-order valence-electron chi connectivity index (χ4n) is 1.02. The van der Waals surface area contributed by atoms with E-state index in [-0.39, 0.29) is 22.7 Å². The molecule has 0 spiro atoms. The smallest absolute Gasteiger partial charge is 0.294 e. The van der Waals surface area contributed by atoms with E-state index in [2.05, 4.69) is 15.0 Å². The Kier molecular flexibility index (Phi) is 4.56. The van der Waals surface area contributed by atoms with Gasteiger partial charge in [-0.2, -0.15) is 23.4 Å². The summed E-state index contributed by atoms with van der Waals surface area (Å²) < 4.78 is 29.2. The third-order valence-corrected chi connectivity index (χ3v) is 2.60. The van der Waals surface area contributed by atoms with Crippen LogP contribution in [0.1, 0.15) is 0 Å². The van der Waals surface area contributed by atoms with Gasteiger partial charge in [-0.25, -0.2) is 0 Å². The maximum absolute atomic E-state index is 10.4. The van der Waals surface area contributed by atoms with Crippen LogP contribution in [0.5, 0.6) is 0 Å². The number of benzene rings is 1. The van der Waals surface area contributed by atoms with Crippen molar-refractivity contribution in [3.8, 4) is 0 Å². The summed E-state index contributed by atoms with van der Waals surface area (Å²) in [4.78, 5) is 10.4. The second-order valence-electron chi connectivity index (χ2n) is 3.20. The number of nitrogen functional groups attached to an aromatic ring is 3. The van der Waals surface area contributed by atoms with Crippen molar-refractivity contribution in [1.82, 2.24) is 15.0 Å². The van der Waals surface area contributed by atoms with Crippen molar-refractivity contribution in [3.63, 3.8) is 0 Å². The van der Waals surface area contributed by atoms with Crippen molar-refractivity contribution in [3.05, 3.63) is 30.3 Å². The van der Waals surface area contributed by atoms with Crippen LogP contribution < -0.4 is 17.2 Å². The average molecular weight is 284 g/mol. The van der Waals surface area contributed by atoms with Gasteiger partial charge in [-0.3, -0.25) is 4.55 Å². The molecule has 0 saturated carbocycles. The second kappa shape index (κ2) is 5.93. The maximum atomic E-state index is 10.4. The van der Waals surface area contributed by atoms with E-state index in [1.807, 2.05) is 0 Å². The van der Waals surface area contributed by atoms with E-state index >= 15 is 0 Å². The number of rotatable bonds is 1. The van der Waals surface area contributed by atoms with Crippen LogP contribution in [0.2, 0.25) is 0 Å². The molecule has 1 aromatic carbocycles. The molecule has 10 heteroatoms. The quantitative estimate of drug-likeness (QED) is 0.506. The molecule has 2 aromatic rings. The summed E-state index contributed by atoms with van der Waals surface area (Å²) in [6, 6.07) is 7.42. The molecule has 0 atom stereocenters. The minimum atomic E-state index is -4.00. The number of anilines is 3. The monoisotopic (exact) mass is 284 g/mol. The first-order chi connectivity index (χ1) is 8.79. The van der Waals surface area contributed by atoms with Gasteiger partial charge in [-0.05, 0) is 12.1 Å². The zero-order valence-electron chi connectivity index (χ0n) is 9.63. The lowest BCUT2D eigenvalue weighted by atomic mass is 10.4. The number of nitrogens with two attached hydrogens (primary N) is 3. The van der Waals surface area contributed by atoms with Gasteiger partial charge in [-0.1, -0.05) is 18.2 Å². The van der Waals surface area contributed by atoms with Crippen LogP contribution in [0.3, 0.4) is 0 Å². The SMILES string of the molecule is Nc1nc(N)nc(N)n1.O=S(=O)(O)c1ccccc1. The molecule has 19 heavy (non-hydrogen) atoms. The van der Waals surface area contributed by atoms with Gasteiger partial charge in [0.2, 0.25) is 17.8 Å². The van der Waals surface area contributed by atoms with Crippen LogP contribution in [0.25, 0.3) is 0 Å². The molecule has 0 aliphatic heterocycles. The molecule has 0 aliphatic rings. The minimum absolute atomic E-state index is 0.0417. The molecule has 0 unspecified atom stereocenters. The van der Waals surface area contributed by atoms with Crippen molar-refractivity contribution in [1.29, 1.82) is 0 Å². The van der Waals surface area contributed by atoms with E-state index in [0.29, 0.717) is 0 Å². The lowest BCUT2D eigenvalue weighted by Gasteiger charge is -1.93. The topological polar surface area (TPSA) is 171 Å². The van der Waals surface area contributed by atoms with Crippen LogP contribution >= 0.6 is 0 Å². The molecular weight excluding hydrogens is 272 g/mol. The summed E-state index contributed by atoms with van der Waals surface area (Å²) in [5, 5.41) is 0. The van der Waals surface area contributed by atoms with E-state index in [9.17, 15) is 8.42 Å². The molecule has 9 nitrogen and oxygen atoms in total. The highest BCUT2D eigenvalue weighted by molar-refractivity contribution is 7.85. The van der Waals surface area contributed by atoms with Gasteiger partial charge >= 0.3 is 0 Å². The summed E-state index contributed by atoms with van der Waals surface area (Å²) in [5.41, 5.74) is 15.4. The molecule has 0 aliphatic carbocycles. The van der Waals surface area contributed by atoms with Crippen LogP contribution in [0.4, 0.5) is 17.8 Å².